The Balaban J connectivity index is 1.15. The van der Waals surface area contributed by atoms with Gasteiger partial charge >= 0.3 is 0 Å². The summed E-state index contributed by atoms with van der Waals surface area (Å²) in [6.07, 6.45) is 7.00. The lowest BCUT2D eigenvalue weighted by atomic mass is 9.81. The molecule has 0 saturated heterocycles. The third-order valence-electron chi connectivity index (χ3n) is 6.54. The van der Waals surface area contributed by atoms with Gasteiger partial charge in [-0.25, -0.2) is 0 Å². The van der Waals surface area contributed by atoms with Gasteiger partial charge < -0.3 is 9.84 Å². The molecule has 0 radical (unpaired) electrons. The first-order chi connectivity index (χ1) is 15.8. The van der Waals surface area contributed by atoms with Crippen molar-refractivity contribution in [1.29, 1.82) is 0 Å². The number of rotatable bonds is 10. The molecule has 3 heteroatoms. The van der Waals surface area contributed by atoms with Gasteiger partial charge in [-0.1, -0.05) is 72.8 Å². The van der Waals surface area contributed by atoms with E-state index in [9.17, 15) is 5.11 Å². The minimum Gasteiger partial charge on any atom is -0.489 e. The number of hydrogen-bond acceptors (Lipinski definition) is 3. The minimum absolute atomic E-state index is 0.402. The van der Waals surface area contributed by atoms with Gasteiger partial charge in [0.1, 0.15) is 18.6 Å². The zero-order valence-corrected chi connectivity index (χ0v) is 18.8. The third kappa shape index (κ3) is 6.94. The number of aliphatic hydroxyl groups is 1. The van der Waals surface area contributed by atoms with E-state index in [1.807, 2.05) is 24.3 Å². The second kappa shape index (κ2) is 11.8. The molecule has 1 aliphatic carbocycles. The Kier molecular flexibility index (Phi) is 8.35. The second-order valence-corrected chi connectivity index (χ2v) is 8.95. The molecule has 2 N–H and O–H groups in total. The maximum atomic E-state index is 10.4. The Labute approximate surface area is 192 Å². The highest BCUT2D eigenvalue weighted by molar-refractivity contribution is 5.30. The van der Waals surface area contributed by atoms with Crippen molar-refractivity contribution >= 4 is 0 Å². The SMILES string of the molecule is OC(CCCc1ccccc1)NC1CCC(c2ccc(OCc3ccccc3)cc2)CC1. The van der Waals surface area contributed by atoms with Gasteiger partial charge in [0, 0.05) is 6.04 Å². The predicted octanol–water partition coefficient (Wildman–Crippen LogP) is 6.22. The zero-order valence-electron chi connectivity index (χ0n) is 18.8. The molecule has 0 amide bonds. The molecular formula is C29H35NO2. The third-order valence-corrected chi connectivity index (χ3v) is 6.54. The van der Waals surface area contributed by atoms with Crippen LogP contribution < -0.4 is 10.1 Å². The lowest BCUT2D eigenvalue weighted by molar-refractivity contribution is 0.101. The summed E-state index contributed by atoms with van der Waals surface area (Å²) in [5.41, 5.74) is 3.93. The summed E-state index contributed by atoms with van der Waals surface area (Å²) < 4.78 is 5.92. The summed E-state index contributed by atoms with van der Waals surface area (Å²) in [5, 5.41) is 13.9. The zero-order chi connectivity index (χ0) is 22.0. The first kappa shape index (κ1) is 22.6. The van der Waals surface area contributed by atoms with Gasteiger partial charge in [-0.15, -0.1) is 0 Å². The molecular weight excluding hydrogens is 394 g/mol. The van der Waals surface area contributed by atoms with Crippen molar-refractivity contribution < 1.29 is 9.84 Å². The lowest BCUT2D eigenvalue weighted by Gasteiger charge is -2.31. The Bertz CT molecular complexity index is 903. The van der Waals surface area contributed by atoms with E-state index in [4.69, 9.17) is 4.74 Å². The topological polar surface area (TPSA) is 41.5 Å². The van der Waals surface area contributed by atoms with Gasteiger partial charge in [-0.3, -0.25) is 5.32 Å². The van der Waals surface area contributed by atoms with Gasteiger partial charge in [0.05, 0.1) is 0 Å². The Morgan fingerprint density at radius 2 is 1.41 bits per heavy atom. The van der Waals surface area contributed by atoms with Gasteiger partial charge in [-0.05, 0) is 79.7 Å². The highest BCUT2D eigenvalue weighted by Crippen LogP contribution is 2.34. The molecule has 1 saturated carbocycles. The Morgan fingerprint density at radius 3 is 2.06 bits per heavy atom. The molecule has 32 heavy (non-hydrogen) atoms. The molecule has 1 fully saturated rings. The van der Waals surface area contributed by atoms with Crippen LogP contribution in [0.3, 0.4) is 0 Å². The van der Waals surface area contributed by atoms with Gasteiger partial charge in [0.25, 0.3) is 0 Å². The van der Waals surface area contributed by atoms with Crippen molar-refractivity contribution in [3.63, 3.8) is 0 Å². The van der Waals surface area contributed by atoms with E-state index in [-0.39, 0.29) is 0 Å². The average molecular weight is 430 g/mol. The van der Waals surface area contributed by atoms with Crippen molar-refractivity contribution in [2.45, 2.75) is 69.7 Å². The molecule has 0 heterocycles. The molecule has 3 nitrogen and oxygen atoms in total. The van der Waals surface area contributed by atoms with E-state index in [2.05, 4.69) is 66.0 Å². The quantitative estimate of drug-likeness (QED) is 0.376. The summed E-state index contributed by atoms with van der Waals surface area (Å²) in [4.78, 5) is 0. The molecule has 3 aromatic carbocycles. The molecule has 1 atom stereocenters. The van der Waals surface area contributed by atoms with Crippen LogP contribution in [0.15, 0.2) is 84.9 Å². The van der Waals surface area contributed by atoms with Gasteiger partial charge in [0.15, 0.2) is 0 Å². The number of nitrogens with one attached hydrogen (secondary N) is 1. The van der Waals surface area contributed by atoms with Crippen LogP contribution in [0.5, 0.6) is 5.75 Å². The smallest absolute Gasteiger partial charge is 0.119 e. The summed E-state index contributed by atoms with van der Waals surface area (Å²) >= 11 is 0. The highest BCUT2D eigenvalue weighted by atomic mass is 16.5. The number of aliphatic hydroxyl groups excluding tert-OH is 1. The predicted molar refractivity (Wildman–Crippen MR) is 131 cm³/mol. The number of benzene rings is 3. The largest absolute Gasteiger partial charge is 0.489 e. The van der Waals surface area contributed by atoms with Crippen LogP contribution in [-0.2, 0) is 13.0 Å². The van der Waals surface area contributed by atoms with Crippen LogP contribution in [0, 0.1) is 0 Å². The maximum absolute atomic E-state index is 10.4. The molecule has 4 rings (SSSR count). The van der Waals surface area contributed by atoms with Crippen molar-refractivity contribution in [2.24, 2.45) is 0 Å². The fraction of sp³-hybridized carbons (Fsp3) is 0.379. The Morgan fingerprint density at radius 1 is 0.781 bits per heavy atom. The van der Waals surface area contributed by atoms with E-state index in [1.54, 1.807) is 0 Å². The maximum Gasteiger partial charge on any atom is 0.119 e. The summed E-state index contributed by atoms with van der Waals surface area (Å²) in [6.45, 7) is 0.602. The molecule has 3 aromatic rings. The van der Waals surface area contributed by atoms with E-state index < -0.39 is 6.23 Å². The normalized spacial score (nSPS) is 19.4. The van der Waals surface area contributed by atoms with Crippen molar-refractivity contribution in [3.05, 3.63) is 102 Å². The molecule has 0 bridgehead atoms. The summed E-state index contributed by atoms with van der Waals surface area (Å²) in [5.74, 6) is 1.53. The molecule has 0 aromatic heterocycles. The van der Waals surface area contributed by atoms with Crippen molar-refractivity contribution in [3.8, 4) is 5.75 Å². The molecule has 0 aliphatic heterocycles. The summed E-state index contributed by atoms with van der Waals surface area (Å²) in [7, 11) is 0. The standard InChI is InChI=1S/C29H35NO2/c31-29(13-7-12-23-8-3-1-4-9-23)30-27-18-14-25(15-19-27)26-16-20-28(21-17-26)32-22-24-10-5-2-6-11-24/h1-6,8-11,16-17,20-21,25,27,29-31H,7,12-15,18-19,22H2. The van der Waals surface area contributed by atoms with Crippen LogP contribution in [0.4, 0.5) is 0 Å². The highest BCUT2D eigenvalue weighted by Gasteiger charge is 2.23. The van der Waals surface area contributed by atoms with E-state index >= 15 is 0 Å². The minimum atomic E-state index is -0.402. The van der Waals surface area contributed by atoms with Crippen LogP contribution in [0.1, 0.15) is 61.1 Å². The van der Waals surface area contributed by atoms with E-state index in [1.165, 1.54) is 29.5 Å². The van der Waals surface area contributed by atoms with Crippen LogP contribution >= 0.6 is 0 Å². The van der Waals surface area contributed by atoms with Crippen LogP contribution in [0.25, 0.3) is 0 Å². The second-order valence-electron chi connectivity index (χ2n) is 8.95. The molecule has 168 valence electrons. The summed E-state index contributed by atoms with van der Waals surface area (Å²) in [6, 6.07) is 29.8. The van der Waals surface area contributed by atoms with Crippen LogP contribution in [-0.4, -0.2) is 17.4 Å². The average Bonchev–Trinajstić information content (AvgIpc) is 2.85. The first-order valence-electron chi connectivity index (χ1n) is 12.0. The first-order valence-corrected chi connectivity index (χ1v) is 12.0. The lowest BCUT2D eigenvalue weighted by Crippen LogP contribution is -2.40. The molecule has 1 aliphatic rings. The van der Waals surface area contributed by atoms with Crippen molar-refractivity contribution in [2.75, 3.05) is 0 Å². The molecule has 1 unspecified atom stereocenters. The number of ether oxygens (including phenoxy) is 1. The van der Waals surface area contributed by atoms with Gasteiger partial charge in [0.2, 0.25) is 0 Å². The van der Waals surface area contributed by atoms with E-state index in [0.29, 0.717) is 18.6 Å². The van der Waals surface area contributed by atoms with E-state index in [0.717, 1.165) is 37.9 Å². The monoisotopic (exact) mass is 429 g/mol. The van der Waals surface area contributed by atoms with Gasteiger partial charge in [-0.2, -0.15) is 0 Å². The van der Waals surface area contributed by atoms with Crippen molar-refractivity contribution in [1.82, 2.24) is 5.32 Å². The number of hydrogen-bond donors (Lipinski definition) is 2. The number of aryl methyl sites for hydroxylation is 1. The fourth-order valence-corrected chi connectivity index (χ4v) is 4.67. The molecule has 0 spiro atoms. The fourth-order valence-electron chi connectivity index (χ4n) is 4.67. The Hall–Kier alpha value is -2.62. The van der Waals surface area contributed by atoms with Crippen LogP contribution in [0.2, 0.25) is 0 Å².